The van der Waals surface area contributed by atoms with Gasteiger partial charge in [0.25, 0.3) is 0 Å². The SMILES string of the molecule is COc1ccc(S(=O)(=O)N2CCC(N(C)c3ncnc4[nH]ccc34)C2)cc1. The molecule has 0 radical (unpaired) electrons. The highest BCUT2D eigenvalue weighted by molar-refractivity contribution is 7.89. The molecule has 1 aliphatic rings. The molecule has 1 N–H and O–H groups in total. The lowest BCUT2D eigenvalue weighted by atomic mass is 10.2. The second-order valence-electron chi connectivity index (χ2n) is 6.53. The quantitative estimate of drug-likeness (QED) is 0.719. The number of methoxy groups -OCH3 is 1. The molecule has 9 heteroatoms. The summed E-state index contributed by atoms with van der Waals surface area (Å²) in [4.78, 5) is 14.0. The number of sulfonamides is 1. The first-order valence-corrected chi connectivity index (χ1v) is 10.1. The summed E-state index contributed by atoms with van der Waals surface area (Å²) in [7, 11) is -0.0299. The average molecular weight is 387 g/mol. The molecule has 2 aromatic heterocycles. The van der Waals surface area contributed by atoms with Crippen LogP contribution in [0.1, 0.15) is 6.42 Å². The van der Waals surface area contributed by atoms with Gasteiger partial charge in [-0.15, -0.1) is 0 Å². The average Bonchev–Trinajstić information content (AvgIpc) is 3.37. The summed E-state index contributed by atoms with van der Waals surface area (Å²) in [5, 5.41) is 0.927. The van der Waals surface area contributed by atoms with Gasteiger partial charge >= 0.3 is 0 Å². The number of fused-ring (bicyclic) bond motifs is 1. The highest BCUT2D eigenvalue weighted by atomic mass is 32.2. The van der Waals surface area contributed by atoms with Crippen LogP contribution >= 0.6 is 0 Å². The molecule has 142 valence electrons. The van der Waals surface area contributed by atoms with Crippen molar-refractivity contribution in [2.75, 3.05) is 32.1 Å². The summed E-state index contributed by atoms with van der Waals surface area (Å²) in [6.45, 7) is 0.894. The van der Waals surface area contributed by atoms with E-state index in [9.17, 15) is 8.42 Å². The molecule has 0 aliphatic carbocycles. The minimum Gasteiger partial charge on any atom is -0.497 e. The summed E-state index contributed by atoms with van der Waals surface area (Å²) in [6, 6.07) is 8.47. The van der Waals surface area contributed by atoms with Gasteiger partial charge in [-0.25, -0.2) is 18.4 Å². The monoisotopic (exact) mass is 387 g/mol. The lowest BCUT2D eigenvalue weighted by Gasteiger charge is -2.26. The third-order valence-corrected chi connectivity index (χ3v) is 6.92. The van der Waals surface area contributed by atoms with Gasteiger partial charge in [0.05, 0.1) is 17.4 Å². The highest BCUT2D eigenvalue weighted by Crippen LogP contribution is 2.28. The van der Waals surface area contributed by atoms with Crippen molar-refractivity contribution in [3.05, 3.63) is 42.9 Å². The molecule has 27 heavy (non-hydrogen) atoms. The first kappa shape index (κ1) is 17.7. The lowest BCUT2D eigenvalue weighted by molar-refractivity contribution is 0.414. The van der Waals surface area contributed by atoms with Crippen molar-refractivity contribution in [1.82, 2.24) is 19.3 Å². The van der Waals surface area contributed by atoms with Crippen LogP contribution in [0.5, 0.6) is 5.75 Å². The first-order valence-electron chi connectivity index (χ1n) is 8.66. The molecular formula is C18H21N5O3S. The number of likely N-dealkylation sites (N-methyl/N-ethyl adjacent to an activating group) is 1. The van der Waals surface area contributed by atoms with Crippen molar-refractivity contribution < 1.29 is 13.2 Å². The molecule has 1 aromatic carbocycles. The van der Waals surface area contributed by atoms with Crippen molar-refractivity contribution in [1.29, 1.82) is 0 Å². The van der Waals surface area contributed by atoms with Crippen molar-refractivity contribution in [3.8, 4) is 5.75 Å². The molecule has 3 aromatic rings. The zero-order valence-electron chi connectivity index (χ0n) is 15.2. The number of hydrogen-bond donors (Lipinski definition) is 1. The molecule has 8 nitrogen and oxygen atoms in total. The second kappa shape index (κ2) is 6.82. The van der Waals surface area contributed by atoms with Gasteiger partial charge in [-0.3, -0.25) is 0 Å². The molecule has 3 heterocycles. The fourth-order valence-electron chi connectivity index (χ4n) is 3.45. The minimum absolute atomic E-state index is 0.0472. The Bertz CT molecular complexity index is 1050. The molecule has 4 rings (SSSR count). The molecule has 1 aliphatic heterocycles. The number of nitrogens with zero attached hydrogens (tertiary/aromatic N) is 4. The number of aromatic amines is 1. The van der Waals surface area contributed by atoms with E-state index in [0.29, 0.717) is 18.8 Å². The lowest BCUT2D eigenvalue weighted by Crippen LogP contribution is -2.37. The van der Waals surface area contributed by atoms with Crippen molar-refractivity contribution in [2.45, 2.75) is 17.4 Å². The van der Waals surface area contributed by atoms with Crippen LogP contribution in [0.15, 0.2) is 47.8 Å². The zero-order valence-corrected chi connectivity index (χ0v) is 16.0. The zero-order chi connectivity index (χ0) is 19.0. The van der Waals surface area contributed by atoms with Crippen LogP contribution in [-0.4, -0.2) is 61.0 Å². The molecule has 0 saturated carbocycles. The highest BCUT2D eigenvalue weighted by Gasteiger charge is 2.35. The van der Waals surface area contributed by atoms with Crippen LogP contribution in [0.3, 0.4) is 0 Å². The largest absolute Gasteiger partial charge is 0.497 e. The second-order valence-corrected chi connectivity index (χ2v) is 8.47. The van der Waals surface area contributed by atoms with Gasteiger partial charge in [0, 0.05) is 32.4 Å². The molecule has 0 bridgehead atoms. The van der Waals surface area contributed by atoms with E-state index in [1.54, 1.807) is 31.4 Å². The van der Waals surface area contributed by atoms with E-state index >= 15 is 0 Å². The summed E-state index contributed by atoms with van der Waals surface area (Å²) in [6.07, 6.45) is 4.08. The number of H-pyrrole nitrogens is 1. The third-order valence-electron chi connectivity index (χ3n) is 5.04. The van der Waals surface area contributed by atoms with Gasteiger partial charge in [0.2, 0.25) is 10.0 Å². The summed E-state index contributed by atoms with van der Waals surface area (Å²) < 4.78 is 32.5. The summed E-state index contributed by atoms with van der Waals surface area (Å²) >= 11 is 0. The number of ether oxygens (including phenoxy) is 1. The van der Waals surface area contributed by atoms with Gasteiger partial charge in [0.1, 0.15) is 23.5 Å². The van der Waals surface area contributed by atoms with Crippen molar-refractivity contribution in [3.63, 3.8) is 0 Å². The molecule has 0 amide bonds. The number of rotatable bonds is 5. The Morgan fingerprint density at radius 2 is 2.00 bits per heavy atom. The molecule has 1 unspecified atom stereocenters. The topological polar surface area (TPSA) is 91.4 Å². The summed E-state index contributed by atoms with van der Waals surface area (Å²) in [5.74, 6) is 1.43. The molecule has 1 fully saturated rings. The van der Waals surface area contributed by atoms with Crippen LogP contribution < -0.4 is 9.64 Å². The maximum atomic E-state index is 12.9. The third kappa shape index (κ3) is 3.13. The van der Waals surface area contributed by atoms with Crippen molar-refractivity contribution in [2.24, 2.45) is 0 Å². The Kier molecular flexibility index (Phi) is 4.48. The van der Waals surface area contributed by atoms with E-state index in [2.05, 4.69) is 15.0 Å². The summed E-state index contributed by atoms with van der Waals surface area (Å²) in [5.41, 5.74) is 0.771. The van der Waals surface area contributed by atoms with Crippen LogP contribution in [0, 0.1) is 0 Å². The van der Waals surface area contributed by atoms with Gasteiger partial charge < -0.3 is 14.6 Å². The van der Waals surface area contributed by atoms with E-state index in [0.717, 1.165) is 23.3 Å². The number of benzene rings is 1. The van der Waals surface area contributed by atoms with Crippen LogP contribution in [-0.2, 0) is 10.0 Å². The maximum absolute atomic E-state index is 12.9. The van der Waals surface area contributed by atoms with E-state index < -0.39 is 10.0 Å². The maximum Gasteiger partial charge on any atom is 0.243 e. The van der Waals surface area contributed by atoms with Gasteiger partial charge in [-0.2, -0.15) is 4.31 Å². The smallest absolute Gasteiger partial charge is 0.243 e. The van der Waals surface area contributed by atoms with Crippen molar-refractivity contribution >= 4 is 26.9 Å². The number of aromatic nitrogens is 3. The Hall–Kier alpha value is -2.65. The first-order chi connectivity index (χ1) is 13.0. The molecule has 1 atom stereocenters. The predicted octanol–water partition coefficient (Wildman–Crippen LogP) is 1.87. The van der Waals surface area contributed by atoms with Gasteiger partial charge in [-0.05, 0) is 36.8 Å². The Morgan fingerprint density at radius 1 is 1.22 bits per heavy atom. The Labute approximate surface area is 157 Å². The van der Waals surface area contributed by atoms with Gasteiger partial charge in [0.15, 0.2) is 0 Å². The predicted molar refractivity (Wildman–Crippen MR) is 102 cm³/mol. The fraction of sp³-hybridized carbons (Fsp3) is 0.333. The van der Waals surface area contributed by atoms with E-state index in [4.69, 9.17) is 4.74 Å². The molecule has 0 spiro atoms. The normalized spacial score (nSPS) is 18.1. The standard InChI is InChI=1S/C18H21N5O3S/c1-22(18-16-7-9-19-17(16)20-12-21-18)13-8-10-23(11-13)27(24,25)15-5-3-14(26-2)4-6-15/h3-7,9,12-13H,8,10-11H2,1-2H3,(H,19,20,21). The molecule has 1 saturated heterocycles. The Balaban J connectivity index is 1.54. The minimum atomic E-state index is -3.53. The van der Waals surface area contributed by atoms with Crippen LogP contribution in [0.2, 0.25) is 0 Å². The number of nitrogens with one attached hydrogen (secondary N) is 1. The fourth-order valence-corrected chi connectivity index (χ4v) is 4.95. The van der Waals surface area contributed by atoms with E-state index in [1.165, 1.54) is 10.6 Å². The van der Waals surface area contributed by atoms with Gasteiger partial charge in [-0.1, -0.05) is 0 Å². The number of anilines is 1. The van der Waals surface area contributed by atoms with Crippen LogP contribution in [0.4, 0.5) is 5.82 Å². The van der Waals surface area contributed by atoms with E-state index in [-0.39, 0.29) is 10.9 Å². The molecular weight excluding hydrogens is 366 g/mol. The number of hydrogen-bond acceptors (Lipinski definition) is 6. The Morgan fingerprint density at radius 3 is 2.74 bits per heavy atom. The van der Waals surface area contributed by atoms with Crippen LogP contribution in [0.25, 0.3) is 11.0 Å². The van der Waals surface area contributed by atoms with E-state index in [1.807, 2.05) is 24.2 Å².